The van der Waals surface area contributed by atoms with Crippen molar-refractivity contribution in [2.45, 2.75) is 26.7 Å². The number of allylic oxidation sites excluding steroid dienone is 1. The number of fused-ring (bicyclic) bond motifs is 3. The second-order valence-electron chi connectivity index (χ2n) is 8.20. The molecule has 0 unspecified atom stereocenters. The lowest BCUT2D eigenvalue weighted by Crippen LogP contribution is -2.14. The van der Waals surface area contributed by atoms with Crippen molar-refractivity contribution in [2.24, 2.45) is 0 Å². The first-order chi connectivity index (χ1) is 16.0. The molecule has 0 aliphatic rings. The molecule has 0 aliphatic heterocycles. The van der Waals surface area contributed by atoms with E-state index < -0.39 is 0 Å². The van der Waals surface area contributed by atoms with Crippen LogP contribution >= 0.6 is 0 Å². The van der Waals surface area contributed by atoms with E-state index >= 15 is 0 Å². The lowest BCUT2D eigenvalue weighted by atomic mass is 9.99. The van der Waals surface area contributed by atoms with Crippen LogP contribution in [0.15, 0.2) is 54.6 Å². The van der Waals surface area contributed by atoms with Crippen molar-refractivity contribution in [1.82, 2.24) is 9.38 Å². The summed E-state index contributed by atoms with van der Waals surface area (Å²) in [4.78, 5) is 4.78. The first-order valence-electron chi connectivity index (χ1n) is 10.9. The average molecular weight is 441 g/mol. The molecular weight excluding hydrogens is 412 g/mol. The number of hydrogen-bond acceptors (Lipinski definition) is 5. The molecule has 168 valence electrons. The van der Waals surface area contributed by atoms with Crippen molar-refractivity contribution in [1.29, 1.82) is 5.26 Å². The molecule has 1 N–H and O–H groups in total. The van der Waals surface area contributed by atoms with Gasteiger partial charge < -0.3 is 14.8 Å². The first-order valence-corrected chi connectivity index (χ1v) is 10.9. The molecule has 6 heteroatoms. The molecule has 0 spiro atoms. The molecule has 0 atom stereocenters. The normalized spacial score (nSPS) is 10.9. The van der Waals surface area contributed by atoms with Crippen LogP contribution in [0.5, 0.6) is 11.5 Å². The molecule has 0 amide bonds. The van der Waals surface area contributed by atoms with Gasteiger partial charge in [0.1, 0.15) is 11.9 Å². The number of aromatic nitrogens is 2. The summed E-state index contributed by atoms with van der Waals surface area (Å²) in [5, 5.41) is 13.6. The van der Waals surface area contributed by atoms with Crippen LogP contribution in [-0.4, -0.2) is 30.1 Å². The molecule has 4 rings (SSSR count). The van der Waals surface area contributed by atoms with Gasteiger partial charge in [0.25, 0.3) is 0 Å². The van der Waals surface area contributed by atoms with Crippen LogP contribution in [-0.2, 0) is 12.8 Å². The van der Waals surface area contributed by atoms with E-state index in [-0.39, 0.29) is 0 Å². The predicted molar refractivity (Wildman–Crippen MR) is 132 cm³/mol. The lowest BCUT2D eigenvalue weighted by molar-refractivity contribution is 0.354. The molecule has 2 aromatic carbocycles. The summed E-state index contributed by atoms with van der Waals surface area (Å²) in [6.45, 7) is 8.82. The Balaban J connectivity index is 1.78. The molecule has 0 saturated heterocycles. The molecule has 2 aromatic heterocycles. The minimum atomic E-state index is 0.605. The van der Waals surface area contributed by atoms with Crippen molar-refractivity contribution in [3.8, 4) is 17.6 Å². The summed E-state index contributed by atoms with van der Waals surface area (Å²) < 4.78 is 12.9. The van der Waals surface area contributed by atoms with E-state index in [1.165, 1.54) is 0 Å². The van der Waals surface area contributed by atoms with Crippen molar-refractivity contribution in [3.05, 3.63) is 76.9 Å². The summed E-state index contributed by atoms with van der Waals surface area (Å²) in [5.74, 6) is 2.39. The summed E-state index contributed by atoms with van der Waals surface area (Å²) >= 11 is 0. The molecule has 6 nitrogen and oxygen atoms in total. The zero-order valence-corrected chi connectivity index (χ0v) is 19.5. The van der Waals surface area contributed by atoms with E-state index in [1.54, 1.807) is 14.2 Å². The van der Waals surface area contributed by atoms with Crippen LogP contribution in [0, 0.1) is 18.3 Å². The van der Waals surface area contributed by atoms with Crippen LogP contribution in [0.1, 0.15) is 29.2 Å². The molecule has 0 aliphatic carbocycles. The lowest BCUT2D eigenvalue weighted by Gasteiger charge is -2.19. The van der Waals surface area contributed by atoms with Gasteiger partial charge in [-0.2, -0.15) is 5.26 Å². The molecule has 0 fully saturated rings. The number of hydrogen-bond donors (Lipinski definition) is 1. The fraction of sp³-hybridized carbons (Fsp3) is 0.259. The number of para-hydroxylation sites is 2. The highest BCUT2D eigenvalue weighted by atomic mass is 16.5. The summed E-state index contributed by atoms with van der Waals surface area (Å²) in [5.41, 5.74) is 7.30. The number of methoxy groups -OCH3 is 2. The minimum Gasteiger partial charge on any atom is -0.493 e. The van der Waals surface area contributed by atoms with E-state index in [2.05, 4.69) is 22.4 Å². The van der Waals surface area contributed by atoms with Crippen LogP contribution in [0.3, 0.4) is 0 Å². The molecule has 0 saturated carbocycles. The highest BCUT2D eigenvalue weighted by Crippen LogP contribution is 2.32. The molecular formula is C27H28N4O2. The number of nitrogens with one attached hydrogen (secondary N) is 1. The molecule has 33 heavy (non-hydrogen) atoms. The van der Waals surface area contributed by atoms with Crippen LogP contribution in [0.4, 0.5) is 5.82 Å². The highest BCUT2D eigenvalue weighted by molar-refractivity contribution is 5.86. The molecule has 0 bridgehead atoms. The van der Waals surface area contributed by atoms with E-state index in [0.29, 0.717) is 29.9 Å². The Labute approximate surface area is 194 Å². The summed E-state index contributed by atoms with van der Waals surface area (Å²) in [6.07, 6.45) is 1.47. The van der Waals surface area contributed by atoms with Crippen molar-refractivity contribution in [2.75, 3.05) is 26.1 Å². The largest absolute Gasteiger partial charge is 0.493 e. The Morgan fingerprint density at radius 1 is 1.15 bits per heavy atom. The third-order valence-electron chi connectivity index (χ3n) is 5.87. The fourth-order valence-corrected chi connectivity index (χ4v) is 4.25. The molecule has 2 heterocycles. The molecule has 0 radical (unpaired) electrons. The van der Waals surface area contributed by atoms with Gasteiger partial charge >= 0.3 is 0 Å². The van der Waals surface area contributed by atoms with Gasteiger partial charge in [0, 0.05) is 12.1 Å². The zero-order chi connectivity index (χ0) is 23.5. The van der Waals surface area contributed by atoms with Gasteiger partial charge in [-0.15, -0.1) is 0 Å². The maximum atomic E-state index is 9.94. The van der Waals surface area contributed by atoms with Gasteiger partial charge in [0.05, 0.1) is 30.8 Å². The van der Waals surface area contributed by atoms with Crippen molar-refractivity contribution in [3.63, 3.8) is 0 Å². The second-order valence-corrected chi connectivity index (χ2v) is 8.20. The quantitative estimate of drug-likeness (QED) is 0.369. The maximum Gasteiger partial charge on any atom is 0.160 e. The Morgan fingerprint density at radius 2 is 1.91 bits per heavy atom. The Morgan fingerprint density at radius 3 is 2.61 bits per heavy atom. The van der Waals surface area contributed by atoms with Gasteiger partial charge in [-0.05, 0) is 62.1 Å². The van der Waals surface area contributed by atoms with Crippen LogP contribution in [0.25, 0.3) is 16.7 Å². The number of pyridine rings is 1. The number of nitriles is 1. The number of imidazole rings is 1. The van der Waals surface area contributed by atoms with E-state index in [9.17, 15) is 5.26 Å². The number of anilines is 1. The monoisotopic (exact) mass is 440 g/mol. The number of benzene rings is 2. The third kappa shape index (κ3) is 4.10. The Bertz CT molecular complexity index is 1400. The smallest absolute Gasteiger partial charge is 0.160 e. The predicted octanol–water partition coefficient (Wildman–Crippen LogP) is 5.46. The average Bonchev–Trinajstić information content (AvgIpc) is 3.19. The maximum absolute atomic E-state index is 9.94. The summed E-state index contributed by atoms with van der Waals surface area (Å²) in [7, 11) is 3.28. The van der Waals surface area contributed by atoms with Gasteiger partial charge in [-0.25, -0.2) is 4.98 Å². The van der Waals surface area contributed by atoms with Crippen LogP contribution < -0.4 is 14.8 Å². The van der Waals surface area contributed by atoms with E-state index in [1.807, 2.05) is 56.3 Å². The second kappa shape index (κ2) is 9.25. The van der Waals surface area contributed by atoms with E-state index in [0.717, 1.165) is 51.3 Å². The topological polar surface area (TPSA) is 71.6 Å². The minimum absolute atomic E-state index is 0.605. The van der Waals surface area contributed by atoms with Crippen molar-refractivity contribution >= 4 is 22.5 Å². The fourth-order valence-electron chi connectivity index (χ4n) is 4.25. The summed E-state index contributed by atoms with van der Waals surface area (Å²) in [6, 6.07) is 16.3. The first kappa shape index (κ1) is 22.2. The van der Waals surface area contributed by atoms with Gasteiger partial charge in [-0.1, -0.05) is 30.4 Å². The van der Waals surface area contributed by atoms with Gasteiger partial charge in [0.15, 0.2) is 17.1 Å². The van der Waals surface area contributed by atoms with Crippen molar-refractivity contribution < 1.29 is 9.47 Å². The van der Waals surface area contributed by atoms with Gasteiger partial charge in [0.2, 0.25) is 0 Å². The van der Waals surface area contributed by atoms with Gasteiger partial charge in [-0.3, -0.25) is 4.40 Å². The highest BCUT2D eigenvalue weighted by Gasteiger charge is 2.20. The number of ether oxygens (including phenoxy) is 2. The SMILES string of the molecule is C=C(C)Cc1c(C)c(C#N)c2nc3ccccc3n2c1NCCc1ccc(OC)c(OC)c1. The third-order valence-corrected chi connectivity index (χ3v) is 5.87. The van der Waals surface area contributed by atoms with E-state index in [4.69, 9.17) is 14.5 Å². The number of rotatable bonds is 8. The number of nitrogens with zero attached hydrogens (tertiary/aromatic N) is 3. The molecule has 4 aromatic rings. The zero-order valence-electron chi connectivity index (χ0n) is 19.5. The standard InChI is InChI=1S/C27H28N4O2/c1-17(2)14-20-18(3)21(16-28)27-30-22-8-6-7-9-23(22)31(27)26(20)29-13-12-19-10-11-24(32-4)25(15-19)33-5/h6-11,15,29H,1,12-14H2,2-5H3. The van der Waals surface area contributed by atoms with Crippen LogP contribution in [0.2, 0.25) is 0 Å². The Kier molecular flexibility index (Phi) is 6.23. The Hall–Kier alpha value is -3.98.